The molecule has 2 aromatic rings. The van der Waals surface area contributed by atoms with Crippen LogP contribution in [0.2, 0.25) is 0 Å². The number of hydrogen-bond acceptors (Lipinski definition) is 4. The van der Waals surface area contributed by atoms with Gasteiger partial charge in [0.1, 0.15) is 0 Å². The van der Waals surface area contributed by atoms with Gasteiger partial charge >= 0.3 is 0 Å². The summed E-state index contributed by atoms with van der Waals surface area (Å²) in [6, 6.07) is 15.6. The van der Waals surface area contributed by atoms with Crippen molar-refractivity contribution in [3.05, 3.63) is 70.8 Å². The summed E-state index contributed by atoms with van der Waals surface area (Å²) in [5.74, 6) is 6.01. The van der Waals surface area contributed by atoms with Crippen LogP contribution in [0.15, 0.2) is 48.5 Å². The average Bonchev–Trinajstić information content (AvgIpc) is 2.47. The van der Waals surface area contributed by atoms with Crippen molar-refractivity contribution in [1.82, 2.24) is 5.01 Å². The van der Waals surface area contributed by atoms with Gasteiger partial charge in [-0.2, -0.15) is 0 Å². The average molecular weight is 281 g/mol. The predicted octanol–water partition coefficient (Wildman–Crippen LogP) is 1.87. The molecule has 0 heterocycles. The Bertz CT molecular complexity index is 707. The van der Waals surface area contributed by atoms with E-state index in [9.17, 15) is 5.11 Å². The van der Waals surface area contributed by atoms with Crippen molar-refractivity contribution in [2.45, 2.75) is 12.5 Å². The van der Waals surface area contributed by atoms with Gasteiger partial charge in [0.15, 0.2) is 0 Å². The summed E-state index contributed by atoms with van der Waals surface area (Å²) in [5, 5.41) is 12.1. The van der Waals surface area contributed by atoms with Gasteiger partial charge < -0.3 is 15.8 Å². The Morgan fingerprint density at radius 1 is 1.05 bits per heavy atom. The summed E-state index contributed by atoms with van der Waals surface area (Å²) < 4.78 is 0. The fourth-order valence-corrected chi connectivity index (χ4v) is 2.94. The highest BCUT2D eigenvalue weighted by Crippen LogP contribution is 2.35. The number of rotatable bonds is 1. The fourth-order valence-electron chi connectivity index (χ4n) is 2.94. The molecule has 4 heteroatoms. The Labute approximate surface area is 124 Å². The first-order valence-corrected chi connectivity index (χ1v) is 6.93. The molecule has 0 saturated heterocycles. The van der Waals surface area contributed by atoms with E-state index < -0.39 is 6.10 Å². The minimum Gasteiger partial charge on any atom is -0.396 e. The number of benzene rings is 2. The highest BCUT2D eigenvalue weighted by Gasteiger charge is 2.24. The lowest BCUT2D eigenvalue weighted by molar-refractivity contribution is 0.177. The number of nitrogens with two attached hydrogens (primary N) is 2. The van der Waals surface area contributed by atoms with Crippen molar-refractivity contribution in [2.75, 3.05) is 7.05 Å². The van der Waals surface area contributed by atoms with Crippen molar-refractivity contribution >= 4 is 11.4 Å². The molecule has 0 bridgehead atoms. The van der Waals surface area contributed by atoms with Gasteiger partial charge in [-0.3, -0.25) is 0 Å². The highest BCUT2D eigenvalue weighted by atomic mass is 16.3. The second-order valence-corrected chi connectivity index (χ2v) is 5.34. The van der Waals surface area contributed by atoms with Crippen molar-refractivity contribution < 1.29 is 5.11 Å². The molecular formula is C17H19N3O. The van der Waals surface area contributed by atoms with Crippen LogP contribution >= 0.6 is 0 Å². The SMILES string of the molecule is CN(N)/C1=C(\N)c2ccccc2CC(O)c2ccccc21. The van der Waals surface area contributed by atoms with E-state index >= 15 is 0 Å². The molecule has 2 aromatic carbocycles. The maximum absolute atomic E-state index is 10.6. The second-order valence-electron chi connectivity index (χ2n) is 5.34. The lowest BCUT2D eigenvalue weighted by Gasteiger charge is -2.27. The van der Waals surface area contributed by atoms with E-state index in [0.29, 0.717) is 12.1 Å². The molecule has 4 nitrogen and oxygen atoms in total. The van der Waals surface area contributed by atoms with Gasteiger partial charge in [0.25, 0.3) is 0 Å². The van der Waals surface area contributed by atoms with E-state index in [0.717, 1.165) is 28.0 Å². The zero-order valence-corrected chi connectivity index (χ0v) is 12.0. The summed E-state index contributed by atoms with van der Waals surface area (Å²) in [6.07, 6.45) is -0.0412. The number of aliphatic hydroxyl groups is 1. The molecule has 0 amide bonds. The third kappa shape index (κ3) is 2.28. The Kier molecular flexibility index (Phi) is 3.41. The fraction of sp³-hybridized carbons (Fsp3) is 0.176. The molecule has 21 heavy (non-hydrogen) atoms. The number of hydrazine groups is 1. The van der Waals surface area contributed by atoms with E-state index in [2.05, 4.69) is 0 Å². The standard InChI is InChI=1S/C17H19N3O/c1-20(19)17-14-9-5-4-8-13(14)15(21)10-11-6-2-3-7-12(11)16(17)18/h2-9,15,21H,10,18-19H2,1H3/b17-16-. The molecule has 3 rings (SSSR count). The van der Waals surface area contributed by atoms with Gasteiger partial charge in [0.2, 0.25) is 0 Å². The molecular weight excluding hydrogens is 262 g/mol. The number of fused-ring (bicyclic) bond motifs is 2. The third-order valence-electron chi connectivity index (χ3n) is 3.90. The first-order chi connectivity index (χ1) is 10.1. The van der Waals surface area contributed by atoms with Crippen molar-refractivity contribution in [1.29, 1.82) is 0 Å². The first kappa shape index (κ1) is 13.7. The number of nitrogens with zero attached hydrogens (tertiary/aromatic N) is 1. The second kappa shape index (κ2) is 5.24. The van der Waals surface area contributed by atoms with E-state index in [1.807, 2.05) is 48.5 Å². The minimum atomic E-state index is -0.578. The van der Waals surface area contributed by atoms with Crippen LogP contribution in [-0.4, -0.2) is 17.2 Å². The Morgan fingerprint density at radius 3 is 2.38 bits per heavy atom. The maximum atomic E-state index is 10.6. The van der Waals surface area contributed by atoms with Crippen molar-refractivity contribution in [3.63, 3.8) is 0 Å². The molecule has 5 N–H and O–H groups in total. The zero-order valence-electron chi connectivity index (χ0n) is 12.0. The molecule has 0 aromatic heterocycles. The van der Waals surface area contributed by atoms with E-state index in [4.69, 9.17) is 11.6 Å². The first-order valence-electron chi connectivity index (χ1n) is 6.93. The minimum absolute atomic E-state index is 0.537. The van der Waals surface area contributed by atoms with Gasteiger partial charge in [0.05, 0.1) is 17.5 Å². The summed E-state index contributed by atoms with van der Waals surface area (Å²) in [5.41, 5.74) is 11.4. The molecule has 1 unspecified atom stereocenters. The molecule has 0 saturated carbocycles. The van der Waals surface area contributed by atoms with Crippen molar-refractivity contribution in [3.8, 4) is 0 Å². The largest absolute Gasteiger partial charge is 0.396 e. The molecule has 108 valence electrons. The Balaban J connectivity index is 2.35. The maximum Gasteiger partial charge on any atom is 0.0837 e. The summed E-state index contributed by atoms with van der Waals surface area (Å²) in [6.45, 7) is 0. The van der Waals surface area contributed by atoms with E-state index in [-0.39, 0.29) is 0 Å². The third-order valence-corrected chi connectivity index (χ3v) is 3.90. The lowest BCUT2D eigenvalue weighted by Crippen LogP contribution is -2.28. The van der Waals surface area contributed by atoms with E-state index in [1.54, 1.807) is 7.05 Å². The Morgan fingerprint density at radius 2 is 1.67 bits per heavy atom. The molecule has 1 atom stereocenters. The monoisotopic (exact) mass is 281 g/mol. The Hall–Kier alpha value is -2.30. The zero-order chi connectivity index (χ0) is 15.0. The van der Waals surface area contributed by atoms with Crippen LogP contribution < -0.4 is 11.6 Å². The van der Waals surface area contributed by atoms with Crippen LogP contribution in [0.3, 0.4) is 0 Å². The van der Waals surface area contributed by atoms with Gasteiger partial charge in [0, 0.05) is 24.6 Å². The normalized spacial score (nSPS) is 21.0. The van der Waals surface area contributed by atoms with Gasteiger partial charge in [-0.1, -0.05) is 48.5 Å². The number of hydrogen-bond donors (Lipinski definition) is 3. The van der Waals surface area contributed by atoms with Crippen LogP contribution in [0.4, 0.5) is 0 Å². The van der Waals surface area contributed by atoms with Crippen LogP contribution in [0.5, 0.6) is 0 Å². The molecule has 0 radical (unpaired) electrons. The molecule has 0 spiro atoms. The van der Waals surface area contributed by atoms with Crippen LogP contribution in [0.1, 0.15) is 28.4 Å². The summed E-state index contributed by atoms with van der Waals surface area (Å²) in [7, 11) is 1.76. The van der Waals surface area contributed by atoms with E-state index in [1.165, 1.54) is 5.01 Å². The molecule has 1 aliphatic carbocycles. The molecule has 1 aliphatic rings. The van der Waals surface area contributed by atoms with Crippen LogP contribution in [0.25, 0.3) is 11.4 Å². The summed E-state index contributed by atoms with van der Waals surface area (Å²) >= 11 is 0. The van der Waals surface area contributed by atoms with Crippen LogP contribution in [-0.2, 0) is 6.42 Å². The number of aliphatic hydroxyl groups excluding tert-OH is 1. The quantitative estimate of drug-likeness (QED) is 0.551. The lowest BCUT2D eigenvalue weighted by atomic mass is 9.88. The summed E-state index contributed by atoms with van der Waals surface area (Å²) in [4.78, 5) is 0. The predicted molar refractivity (Wildman–Crippen MR) is 84.5 cm³/mol. The van der Waals surface area contributed by atoms with Gasteiger partial charge in [-0.05, 0) is 11.1 Å². The molecule has 0 fully saturated rings. The van der Waals surface area contributed by atoms with Crippen molar-refractivity contribution in [2.24, 2.45) is 11.6 Å². The molecule has 0 aliphatic heterocycles. The topological polar surface area (TPSA) is 75.5 Å². The van der Waals surface area contributed by atoms with Crippen LogP contribution in [0, 0.1) is 0 Å². The highest BCUT2D eigenvalue weighted by molar-refractivity contribution is 5.90. The van der Waals surface area contributed by atoms with Gasteiger partial charge in [-0.15, -0.1) is 0 Å². The smallest absolute Gasteiger partial charge is 0.0837 e. The van der Waals surface area contributed by atoms with Gasteiger partial charge in [-0.25, -0.2) is 5.84 Å².